The van der Waals surface area contributed by atoms with Crippen LogP contribution in [0.15, 0.2) is 78.4 Å². The number of hydrogen-bond donors (Lipinski definition) is 3. The Morgan fingerprint density at radius 2 is 1.86 bits per heavy atom. The van der Waals surface area contributed by atoms with Crippen LogP contribution in [0.2, 0.25) is 0 Å². The number of nitrogen functional groups attached to an aromatic ring is 2. The quantitative estimate of drug-likeness (QED) is 0.255. The molecule has 0 bridgehead atoms. The van der Waals surface area contributed by atoms with Gasteiger partial charge in [0.2, 0.25) is 5.13 Å². The molecule has 2 heterocycles. The number of para-hydroxylation sites is 1. The van der Waals surface area contributed by atoms with Gasteiger partial charge in [0.25, 0.3) is 0 Å². The van der Waals surface area contributed by atoms with Gasteiger partial charge in [-0.1, -0.05) is 48.9 Å². The molecule has 5 N–H and O–H groups in total. The molecule has 7 nitrogen and oxygen atoms in total. The van der Waals surface area contributed by atoms with E-state index in [0.717, 1.165) is 17.9 Å². The van der Waals surface area contributed by atoms with Crippen LogP contribution in [0, 0.1) is 11.3 Å². The van der Waals surface area contributed by atoms with Crippen molar-refractivity contribution >= 4 is 39.3 Å². The van der Waals surface area contributed by atoms with Crippen LogP contribution < -0.4 is 16.8 Å². The van der Waals surface area contributed by atoms with Crippen LogP contribution in [-0.4, -0.2) is 14.8 Å². The minimum absolute atomic E-state index is 0.331. The van der Waals surface area contributed by atoms with Gasteiger partial charge in [0.15, 0.2) is 0 Å². The Bertz CT molecular complexity index is 1500. The van der Waals surface area contributed by atoms with Gasteiger partial charge in [-0.15, -0.1) is 11.3 Å². The lowest BCUT2D eigenvalue weighted by Gasteiger charge is -2.30. The number of nitrogens with two attached hydrogens (primary N) is 2. The number of hydrogen-bond acceptors (Lipinski definition) is 7. The molecule has 180 valence electrons. The minimum atomic E-state index is 0.331. The normalized spacial score (nSPS) is 12.9. The number of rotatable bonds is 5. The second-order valence-electron chi connectivity index (χ2n) is 8.71. The third kappa shape index (κ3) is 4.74. The van der Waals surface area contributed by atoms with E-state index in [1.807, 2.05) is 17.5 Å². The molecule has 0 amide bonds. The standard InChI is InChI=1S/C21H22N2.C7H5N5S/c22-21-19-12-5-4-7-16(19)13-17(20(21)15-8-6-9-15)14-23-18-10-2-1-3-11-18;8-3-5-4-11-12(6(5)9)7-10-1-2-13-7/h1-5,7,10-13,15,23H,6,8-9,14,22H2;1-2,4H,9H2. The van der Waals surface area contributed by atoms with Crippen molar-refractivity contribution in [2.24, 2.45) is 0 Å². The summed E-state index contributed by atoms with van der Waals surface area (Å²) in [4.78, 5) is 4.02. The highest BCUT2D eigenvalue weighted by atomic mass is 32.1. The number of nitrogens with one attached hydrogen (secondary N) is 1. The zero-order valence-electron chi connectivity index (χ0n) is 19.8. The maximum atomic E-state index is 8.63. The Balaban J connectivity index is 0.000000174. The van der Waals surface area contributed by atoms with Gasteiger partial charge in [0, 0.05) is 34.9 Å². The van der Waals surface area contributed by atoms with Gasteiger partial charge in [0.05, 0.1) is 6.20 Å². The molecule has 36 heavy (non-hydrogen) atoms. The average molecular weight is 494 g/mol. The number of nitriles is 1. The van der Waals surface area contributed by atoms with Crippen molar-refractivity contribution in [3.63, 3.8) is 0 Å². The maximum absolute atomic E-state index is 8.63. The largest absolute Gasteiger partial charge is 0.398 e. The van der Waals surface area contributed by atoms with Crippen LogP contribution in [0.1, 0.15) is 41.9 Å². The first-order chi connectivity index (χ1) is 17.7. The van der Waals surface area contributed by atoms with Crippen LogP contribution in [0.3, 0.4) is 0 Å². The fraction of sp³-hybridized carbons (Fsp3) is 0.179. The van der Waals surface area contributed by atoms with E-state index in [1.165, 1.54) is 63.4 Å². The van der Waals surface area contributed by atoms with Gasteiger partial charge in [-0.2, -0.15) is 15.0 Å². The molecule has 3 aromatic carbocycles. The van der Waals surface area contributed by atoms with Crippen molar-refractivity contribution < 1.29 is 0 Å². The fourth-order valence-electron chi connectivity index (χ4n) is 4.45. The number of aromatic nitrogens is 3. The van der Waals surface area contributed by atoms with Crippen molar-refractivity contribution in [2.75, 3.05) is 16.8 Å². The molecule has 0 atom stereocenters. The lowest BCUT2D eigenvalue weighted by molar-refractivity contribution is 0.419. The van der Waals surface area contributed by atoms with Crippen LogP contribution in [0.4, 0.5) is 17.2 Å². The first kappa shape index (κ1) is 23.4. The maximum Gasteiger partial charge on any atom is 0.212 e. The van der Waals surface area contributed by atoms with Crippen molar-refractivity contribution in [2.45, 2.75) is 31.7 Å². The summed E-state index contributed by atoms with van der Waals surface area (Å²) in [7, 11) is 0. The van der Waals surface area contributed by atoms with Gasteiger partial charge in [0.1, 0.15) is 17.5 Å². The first-order valence-corrected chi connectivity index (χ1v) is 12.8. The van der Waals surface area contributed by atoms with E-state index in [-0.39, 0.29) is 0 Å². The molecule has 1 saturated carbocycles. The molecule has 0 unspecified atom stereocenters. The third-order valence-corrected chi connectivity index (χ3v) is 7.26. The van der Waals surface area contributed by atoms with Crippen molar-refractivity contribution in [3.05, 3.63) is 95.1 Å². The Morgan fingerprint density at radius 1 is 1.08 bits per heavy atom. The summed E-state index contributed by atoms with van der Waals surface area (Å²) < 4.78 is 1.45. The van der Waals surface area contributed by atoms with Gasteiger partial charge in [-0.3, -0.25) is 0 Å². The van der Waals surface area contributed by atoms with E-state index in [1.54, 1.807) is 6.20 Å². The van der Waals surface area contributed by atoms with Crippen molar-refractivity contribution in [3.8, 4) is 11.2 Å². The molecular weight excluding hydrogens is 466 g/mol. The smallest absolute Gasteiger partial charge is 0.212 e. The molecule has 0 spiro atoms. The second-order valence-corrected chi connectivity index (χ2v) is 9.59. The topological polar surface area (TPSA) is 119 Å². The molecular formula is C28H27N7S. The zero-order valence-corrected chi connectivity index (χ0v) is 20.6. The summed E-state index contributed by atoms with van der Waals surface area (Å²) in [5.74, 6) is 0.963. The third-order valence-electron chi connectivity index (χ3n) is 6.51. The average Bonchev–Trinajstić information content (AvgIpc) is 3.54. The summed E-state index contributed by atoms with van der Waals surface area (Å²) in [6.45, 7) is 0.824. The van der Waals surface area contributed by atoms with Gasteiger partial charge < -0.3 is 16.8 Å². The molecule has 1 aliphatic rings. The molecule has 6 rings (SSSR count). The van der Waals surface area contributed by atoms with Crippen LogP contribution in [-0.2, 0) is 6.54 Å². The summed E-state index contributed by atoms with van der Waals surface area (Å²) in [5, 5.41) is 21.0. The number of benzene rings is 3. The van der Waals surface area contributed by atoms with E-state index in [0.29, 0.717) is 22.4 Å². The highest BCUT2D eigenvalue weighted by Gasteiger charge is 2.25. The van der Waals surface area contributed by atoms with Gasteiger partial charge in [-0.05, 0) is 53.5 Å². The van der Waals surface area contributed by atoms with E-state index >= 15 is 0 Å². The number of fused-ring (bicyclic) bond motifs is 1. The van der Waals surface area contributed by atoms with Crippen molar-refractivity contribution in [1.82, 2.24) is 14.8 Å². The highest BCUT2D eigenvalue weighted by Crippen LogP contribution is 2.43. The molecule has 0 aliphatic heterocycles. The SMILES string of the molecule is N#Cc1cnn(-c2nccs2)c1N.Nc1c(C2CCC2)c(CNc2ccccc2)cc2ccccc12. The fourth-order valence-corrected chi connectivity index (χ4v) is 5.06. The van der Waals surface area contributed by atoms with E-state index in [9.17, 15) is 0 Å². The Hall–Kier alpha value is -4.35. The zero-order chi connectivity index (χ0) is 24.9. The number of thiazole rings is 1. The molecule has 8 heteroatoms. The minimum Gasteiger partial charge on any atom is -0.398 e. The molecule has 5 aromatic rings. The van der Waals surface area contributed by atoms with E-state index in [2.05, 4.69) is 70.0 Å². The summed E-state index contributed by atoms with van der Waals surface area (Å²) >= 11 is 1.41. The lowest BCUT2D eigenvalue weighted by atomic mass is 9.76. The Kier molecular flexibility index (Phi) is 6.83. The monoisotopic (exact) mass is 493 g/mol. The summed E-state index contributed by atoms with van der Waals surface area (Å²) in [6.07, 6.45) is 6.94. The van der Waals surface area contributed by atoms with E-state index < -0.39 is 0 Å². The highest BCUT2D eigenvalue weighted by molar-refractivity contribution is 7.12. The van der Waals surface area contributed by atoms with Crippen molar-refractivity contribution in [1.29, 1.82) is 5.26 Å². The number of anilines is 3. The molecule has 2 aromatic heterocycles. The Morgan fingerprint density at radius 3 is 2.53 bits per heavy atom. The first-order valence-electron chi connectivity index (χ1n) is 11.9. The van der Waals surface area contributed by atoms with Crippen LogP contribution >= 0.6 is 11.3 Å². The molecule has 1 fully saturated rings. The lowest BCUT2D eigenvalue weighted by Crippen LogP contribution is -2.15. The molecule has 0 radical (unpaired) electrons. The molecule has 1 aliphatic carbocycles. The second kappa shape index (κ2) is 10.5. The summed E-state index contributed by atoms with van der Waals surface area (Å²) in [5.41, 5.74) is 17.4. The van der Waals surface area contributed by atoms with Gasteiger partial charge in [-0.25, -0.2) is 4.98 Å². The molecule has 0 saturated heterocycles. The number of nitrogens with zero attached hydrogens (tertiary/aromatic N) is 4. The van der Waals surface area contributed by atoms with Crippen LogP contribution in [0.25, 0.3) is 15.9 Å². The van der Waals surface area contributed by atoms with E-state index in [4.69, 9.17) is 16.7 Å². The summed E-state index contributed by atoms with van der Waals surface area (Å²) in [6, 6.07) is 23.1. The van der Waals surface area contributed by atoms with Gasteiger partial charge >= 0.3 is 0 Å². The van der Waals surface area contributed by atoms with Crippen LogP contribution in [0.5, 0.6) is 0 Å². The Labute approximate surface area is 214 Å². The predicted octanol–water partition coefficient (Wildman–Crippen LogP) is 6.08. The predicted molar refractivity (Wildman–Crippen MR) is 147 cm³/mol.